The Bertz CT molecular complexity index is 758. The molecule has 1 aromatic rings. The molecule has 0 saturated heterocycles. The third-order valence-corrected chi connectivity index (χ3v) is 7.13. The van der Waals surface area contributed by atoms with Crippen molar-refractivity contribution < 1.29 is 9.90 Å². The third-order valence-electron chi connectivity index (χ3n) is 7.13. The van der Waals surface area contributed by atoms with Gasteiger partial charge in [-0.05, 0) is 67.1 Å². The quantitative estimate of drug-likeness (QED) is 0.654. The summed E-state index contributed by atoms with van der Waals surface area (Å²) in [5.74, 6) is 2.14. The lowest BCUT2D eigenvalue weighted by Crippen LogP contribution is -2.42. The van der Waals surface area contributed by atoms with Crippen LogP contribution in [-0.4, -0.2) is 30.0 Å². The maximum absolute atomic E-state index is 12.5. The van der Waals surface area contributed by atoms with Gasteiger partial charge in [0.1, 0.15) is 5.78 Å². The molecule has 0 heterocycles. The van der Waals surface area contributed by atoms with Crippen molar-refractivity contribution in [3.05, 3.63) is 28.8 Å². The number of hydrogen-bond acceptors (Lipinski definition) is 4. The van der Waals surface area contributed by atoms with Crippen molar-refractivity contribution in [3.8, 4) is 0 Å². The van der Waals surface area contributed by atoms with Gasteiger partial charge in [-0.25, -0.2) is 0 Å². The Morgan fingerprint density at radius 2 is 2.04 bits per heavy atom. The van der Waals surface area contributed by atoms with Crippen molar-refractivity contribution in [2.45, 2.75) is 58.0 Å². The van der Waals surface area contributed by atoms with Gasteiger partial charge >= 0.3 is 0 Å². The van der Waals surface area contributed by atoms with Gasteiger partial charge in [-0.2, -0.15) is 0 Å². The van der Waals surface area contributed by atoms with E-state index in [1.165, 1.54) is 11.1 Å². The number of aliphatic hydroxyl groups is 1. The Labute approximate surface area is 155 Å². The molecule has 3 aliphatic rings. The van der Waals surface area contributed by atoms with Gasteiger partial charge in [0.2, 0.25) is 0 Å². The van der Waals surface area contributed by atoms with E-state index in [9.17, 15) is 9.90 Å². The van der Waals surface area contributed by atoms with Gasteiger partial charge in [-0.1, -0.05) is 18.2 Å². The van der Waals surface area contributed by atoms with Crippen molar-refractivity contribution in [1.29, 1.82) is 0 Å². The van der Waals surface area contributed by atoms with Crippen molar-refractivity contribution in [2.75, 3.05) is 14.1 Å². The number of rotatable bonds is 3. The van der Waals surface area contributed by atoms with Crippen LogP contribution in [0.5, 0.6) is 0 Å². The molecule has 2 fully saturated rings. The Hall–Kier alpha value is -1.75. The van der Waals surface area contributed by atoms with E-state index in [4.69, 9.17) is 0 Å². The van der Waals surface area contributed by atoms with Crippen LogP contribution in [0.1, 0.15) is 61.6 Å². The van der Waals surface area contributed by atoms with Gasteiger partial charge in [0.25, 0.3) is 0 Å². The van der Waals surface area contributed by atoms with Crippen molar-refractivity contribution >= 4 is 11.5 Å². The van der Waals surface area contributed by atoms with Crippen LogP contribution in [-0.2, 0) is 17.8 Å². The summed E-state index contributed by atoms with van der Waals surface area (Å²) in [7, 11) is 3.69. The lowest BCUT2D eigenvalue weighted by molar-refractivity contribution is -0.129. The summed E-state index contributed by atoms with van der Waals surface area (Å²) in [6.45, 7) is 2.20. The lowest BCUT2D eigenvalue weighted by atomic mass is 9.55. The molecule has 0 aliphatic heterocycles. The zero-order valence-corrected chi connectivity index (χ0v) is 16.0. The van der Waals surface area contributed by atoms with Crippen LogP contribution >= 0.6 is 0 Å². The van der Waals surface area contributed by atoms with Crippen LogP contribution in [0.3, 0.4) is 0 Å². The average molecular weight is 355 g/mol. The van der Waals surface area contributed by atoms with Crippen LogP contribution < -0.4 is 0 Å². The fraction of sp³-hybridized carbons (Fsp3) is 0.667. The van der Waals surface area contributed by atoms with E-state index in [1.807, 2.05) is 14.1 Å². The summed E-state index contributed by atoms with van der Waals surface area (Å²) in [6, 6.07) is 4.29. The van der Waals surface area contributed by atoms with Crippen LogP contribution in [0.15, 0.2) is 22.5 Å². The van der Waals surface area contributed by atoms with Gasteiger partial charge in [-0.15, -0.1) is 5.11 Å². The SMILES string of the molecule is CN(C)/N=N/c1cc2c(cc1CO)CCC1C2CCC2(C)C(=O)CCC12. The second-order valence-corrected chi connectivity index (χ2v) is 8.71. The Morgan fingerprint density at radius 1 is 1.23 bits per heavy atom. The first kappa shape index (κ1) is 17.7. The zero-order valence-electron chi connectivity index (χ0n) is 16.0. The molecule has 1 aromatic carbocycles. The highest BCUT2D eigenvalue weighted by atomic mass is 16.3. The number of Topliss-reactive ketones (excluding diaryl/α,β-unsaturated/α-hetero) is 1. The largest absolute Gasteiger partial charge is 0.392 e. The molecule has 5 nitrogen and oxygen atoms in total. The first-order chi connectivity index (χ1) is 12.4. The predicted molar refractivity (Wildman–Crippen MR) is 100 cm³/mol. The van der Waals surface area contributed by atoms with Crippen LogP contribution in [0.25, 0.3) is 0 Å². The topological polar surface area (TPSA) is 65.3 Å². The highest BCUT2D eigenvalue weighted by molar-refractivity contribution is 5.87. The van der Waals surface area contributed by atoms with Gasteiger partial charge in [0.05, 0.1) is 12.3 Å². The summed E-state index contributed by atoms with van der Waals surface area (Å²) >= 11 is 0. The van der Waals surface area contributed by atoms with E-state index in [-0.39, 0.29) is 12.0 Å². The summed E-state index contributed by atoms with van der Waals surface area (Å²) in [4.78, 5) is 12.5. The number of benzene rings is 1. The van der Waals surface area contributed by atoms with Gasteiger partial charge in [0, 0.05) is 31.5 Å². The van der Waals surface area contributed by atoms with Crippen molar-refractivity contribution in [2.24, 2.45) is 27.6 Å². The molecule has 4 atom stereocenters. The molecule has 3 aliphatic carbocycles. The highest BCUT2D eigenvalue weighted by Crippen LogP contribution is 2.59. The number of carbonyl (C=O) groups excluding carboxylic acids is 1. The molecule has 5 heteroatoms. The molecule has 26 heavy (non-hydrogen) atoms. The van der Waals surface area contributed by atoms with E-state index < -0.39 is 0 Å². The van der Waals surface area contributed by atoms with Crippen LogP contribution in [0, 0.1) is 17.3 Å². The van der Waals surface area contributed by atoms with E-state index in [0.717, 1.165) is 49.8 Å². The number of aliphatic hydroxyl groups excluding tert-OH is 1. The van der Waals surface area contributed by atoms with Gasteiger partial charge < -0.3 is 5.11 Å². The molecule has 140 valence electrons. The minimum atomic E-state index is -0.0861. The molecule has 0 spiro atoms. The fourth-order valence-corrected chi connectivity index (χ4v) is 5.79. The average Bonchev–Trinajstić information content (AvgIpc) is 2.94. The van der Waals surface area contributed by atoms with Crippen LogP contribution in [0.2, 0.25) is 0 Å². The number of hydrogen-bond donors (Lipinski definition) is 1. The zero-order chi connectivity index (χ0) is 18.5. The summed E-state index contributed by atoms with van der Waals surface area (Å²) in [6.07, 6.45) is 6.12. The molecule has 4 rings (SSSR count). The molecule has 0 aromatic heterocycles. The minimum Gasteiger partial charge on any atom is -0.392 e. The molecule has 1 N–H and O–H groups in total. The Balaban J connectivity index is 1.71. The number of fused-ring (bicyclic) bond motifs is 5. The van der Waals surface area contributed by atoms with E-state index in [1.54, 1.807) is 5.01 Å². The standard InChI is InChI=1S/C21H29N3O2/c1-21-9-8-15-16(18(21)6-7-20(21)26)5-4-13-10-14(12-25)19(11-17(13)15)22-23-24(2)3/h10-11,15-16,18,25H,4-9,12H2,1-3H3/b23-22+. The van der Waals surface area contributed by atoms with E-state index in [0.29, 0.717) is 23.5 Å². The molecule has 4 unspecified atom stereocenters. The molecular formula is C21H29N3O2. The summed E-state index contributed by atoms with van der Waals surface area (Å²) < 4.78 is 0. The molecule has 2 saturated carbocycles. The maximum Gasteiger partial charge on any atom is 0.139 e. The number of carbonyl (C=O) groups is 1. The van der Waals surface area contributed by atoms with Crippen molar-refractivity contribution in [1.82, 2.24) is 5.01 Å². The van der Waals surface area contributed by atoms with Gasteiger partial charge in [-0.3, -0.25) is 9.80 Å². The molecule has 0 radical (unpaired) electrons. The maximum atomic E-state index is 12.5. The predicted octanol–water partition coefficient (Wildman–Crippen LogP) is 4.16. The first-order valence-electron chi connectivity index (χ1n) is 9.83. The monoisotopic (exact) mass is 355 g/mol. The minimum absolute atomic E-state index is 0.0155. The molecule has 0 bridgehead atoms. The first-order valence-corrected chi connectivity index (χ1v) is 9.83. The number of aryl methyl sites for hydroxylation is 1. The second-order valence-electron chi connectivity index (χ2n) is 8.71. The number of nitrogens with zero attached hydrogens (tertiary/aromatic N) is 3. The normalized spacial score (nSPS) is 33.1. The summed E-state index contributed by atoms with van der Waals surface area (Å²) in [5, 5.41) is 19.9. The van der Waals surface area contributed by atoms with Gasteiger partial charge in [0.15, 0.2) is 0 Å². The Morgan fingerprint density at radius 3 is 2.77 bits per heavy atom. The number of ketones is 1. The Kier molecular flexibility index (Phi) is 4.38. The summed E-state index contributed by atoms with van der Waals surface area (Å²) in [5.41, 5.74) is 4.28. The fourth-order valence-electron chi connectivity index (χ4n) is 5.79. The lowest BCUT2D eigenvalue weighted by Gasteiger charge is -2.48. The third kappa shape index (κ3) is 2.68. The molecular weight excluding hydrogens is 326 g/mol. The smallest absolute Gasteiger partial charge is 0.139 e. The van der Waals surface area contributed by atoms with E-state index >= 15 is 0 Å². The van der Waals surface area contributed by atoms with Crippen LogP contribution in [0.4, 0.5) is 5.69 Å². The molecule has 0 amide bonds. The van der Waals surface area contributed by atoms with E-state index in [2.05, 4.69) is 29.4 Å². The second kappa shape index (κ2) is 6.45. The highest BCUT2D eigenvalue weighted by Gasteiger charge is 2.54. The van der Waals surface area contributed by atoms with Crippen molar-refractivity contribution in [3.63, 3.8) is 0 Å².